The molecule has 0 heterocycles. The van der Waals surface area contributed by atoms with E-state index in [1.807, 2.05) is 24.3 Å². The first-order valence-electron chi connectivity index (χ1n) is 6.33. The number of ether oxygens (including phenoxy) is 1. The molecule has 0 aliphatic carbocycles. The van der Waals surface area contributed by atoms with E-state index in [1.54, 1.807) is 20.1 Å². The van der Waals surface area contributed by atoms with Gasteiger partial charge in [-0.15, -0.1) is 0 Å². The summed E-state index contributed by atoms with van der Waals surface area (Å²) < 4.78 is 6.16. The Morgan fingerprint density at radius 2 is 2.10 bits per heavy atom. The molecule has 0 unspecified atom stereocenters. The van der Waals surface area contributed by atoms with Crippen molar-refractivity contribution in [3.05, 3.63) is 62.1 Å². The summed E-state index contributed by atoms with van der Waals surface area (Å²) in [5.74, 6) is 0.769. The van der Waals surface area contributed by atoms with Crippen LogP contribution in [0, 0.1) is 17.0 Å². The normalized spacial score (nSPS) is 10.2. The minimum Gasteiger partial charge on any atom is -0.497 e. The van der Waals surface area contributed by atoms with Crippen LogP contribution in [-0.4, -0.2) is 12.0 Å². The number of methoxy groups -OCH3 is 1. The van der Waals surface area contributed by atoms with Crippen LogP contribution >= 0.6 is 15.9 Å². The highest BCUT2D eigenvalue weighted by Crippen LogP contribution is 2.27. The van der Waals surface area contributed by atoms with Crippen molar-refractivity contribution in [1.82, 2.24) is 0 Å². The minimum atomic E-state index is -0.373. The highest BCUT2D eigenvalue weighted by Gasteiger charge is 2.13. The molecule has 0 aromatic heterocycles. The highest BCUT2D eigenvalue weighted by atomic mass is 79.9. The molecule has 0 atom stereocenters. The number of hydrogen-bond acceptors (Lipinski definition) is 4. The highest BCUT2D eigenvalue weighted by molar-refractivity contribution is 9.10. The quantitative estimate of drug-likeness (QED) is 0.645. The van der Waals surface area contributed by atoms with Gasteiger partial charge < -0.3 is 10.1 Å². The Balaban J connectivity index is 2.21. The third-order valence-electron chi connectivity index (χ3n) is 3.22. The van der Waals surface area contributed by atoms with Gasteiger partial charge in [-0.25, -0.2) is 0 Å². The SMILES string of the molecule is COc1ccc(Br)c(CNc2cccc([N+](=O)[O-])c2C)c1. The van der Waals surface area contributed by atoms with Crippen molar-refractivity contribution < 1.29 is 9.66 Å². The molecule has 0 aliphatic heterocycles. The molecule has 0 saturated carbocycles. The topological polar surface area (TPSA) is 64.4 Å². The number of nitrogens with zero attached hydrogens (tertiary/aromatic N) is 1. The van der Waals surface area contributed by atoms with Crippen molar-refractivity contribution >= 4 is 27.3 Å². The molecular formula is C15H15BrN2O3. The lowest BCUT2D eigenvalue weighted by Crippen LogP contribution is -2.03. The maximum absolute atomic E-state index is 10.9. The minimum absolute atomic E-state index is 0.115. The number of halogens is 1. The van der Waals surface area contributed by atoms with Gasteiger partial charge in [0.25, 0.3) is 5.69 Å². The Hall–Kier alpha value is -2.08. The van der Waals surface area contributed by atoms with Gasteiger partial charge in [0.15, 0.2) is 0 Å². The smallest absolute Gasteiger partial charge is 0.274 e. The predicted molar refractivity (Wildman–Crippen MR) is 85.9 cm³/mol. The maximum atomic E-state index is 10.9. The third kappa shape index (κ3) is 3.52. The molecule has 0 bridgehead atoms. The Morgan fingerprint density at radius 3 is 2.76 bits per heavy atom. The van der Waals surface area contributed by atoms with Gasteiger partial charge in [-0.1, -0.05) is 22.0 Å². The van der Waals surface area contributed by atoms with Crippen LogP contribution in [0.3, 0.4) is 0 Å². The average Bonchev–Trinajstić information content (AvgIpc) is 2.47. The van der Waals surface area contributed by atoms with E-state index in [2.05, 4.69) is 21.2 Å². The molecule has 5 nitrogen and oxygen atoms in total. The van der Waals surface area contributed by atoms with Crippen LogP contribution in [-0.2, 0) is 6.54 Å². The van der Waals surface area contributed by atoms with Crippen molar-refractivity contribution in [2.75, 3.05) is 12.4 Å². The van der Waals surface area contributed by atoms with Crippen molar-refractivity contribution in [2.45, 2.75) is 13.5 Å². The Labute approximate surface area is 131 Å². The van der Waals surface area contributed by atoms with Crippen molar-refractivity contribution in [1.29, 1.82) is 0 Å². The fraction of sp³-hybridized carbons (Fsp3) is 0.200. The van der Waals surface area contributed by atoms with Crippen molar-refractivity contribution in [3.8, 4) is 5.75 Å². The molecule has 1 N–H and O–H groups in total. The first kappa shape index (κ1) is 15.3. The number of benzene rings is 2. The Bertz CT molecular complexity index is 674. The second-order valence-corrected chi connectivity index (χ2v) is 5.37. The molecule has 0 spiro atoms. The largest absolute Gasteiger partial charge is 0.497 e. The van der Waals surface area contributed by atoms with E-state index >= 15 is 0 Å². The fourth-order valence-corrected chi connectivity index (χ4v) is 2.40. The lowest BCUT2D eigenvalue weighted by Gasteiger charge is -2.12. The summed E-state index contributed by atoms with van der Waals surface area (Å²) in [5, 5.41) is 14.2. The first-order valence-corrected chi connectivity index (χ1v) is 7.12. The number of nitro groups is 1. The molecule has 0 saturated heterocycles. The summed E-state index contributed by atoms with van der Waals surface area (Å²) in [7, 11) is 1.62. The summed E-state index contributed by atoms with van der Waals surface area (Å²) >= 11 is 3.49. The van der Waals surface area contributed by atoms with Gasteiger partial charge in [0.05, 0.1) is 12.0 Å². The Kier molecular flexibility index (Phi) is 4.80. The zero-order valence-corrected chi connectivity index (χ0v) is 13.3. The molecule has 0 radical (unpaired) electrons. The van der Waals surface area contributed by atoms with Crippen LogP contribution in [0.25, 0.3) is 0 Å². The Morgan fingerprint density at radius 1 is 1.33 bits per heavy atom. The van der Waals surface area contributed by atoms with E-state index in [-0.39, 0.29) is 10.6 Å². The van der Waals surface area contributed by atoms with Gasteiger partial charge >= 0.3 is 0 Å². The number of rotatable bonds is 5. The molecule has 2 aromatic rings. The molecule has 2 rings (SSSR count). The molecule has 0 aliphatic rings. The number of anilines is 1. The van der Waals surface area contributed by atoms with Gasteiger partial charge in [0.1, 0.15) is 5.75 Å². The fourth-order valence-electron chi connectivity index (χ4n) is 2.02. The van der Waals surface area contributed by atoms with E-state index in [9.17, 15) is 10.1 Å². The van der Waals surface area contributed by atoms with Crippen LogP contribution in [0.2, 0.25) is 0 Å². The summed E-state index contributed by atoms with van der Waals surface area (Å²) in [6, 6.07) is 10.7. The summed E-state index contributed by atoms with van der Waals surface area (Å²) in [4.78, 5) is 10.6. The van der Waals surface area contributed by atoms with E-state index in [1.165, 1.54) is 6.07 Å². The van der Waals surface area contributed by atoms with Gasteiger partial charge in [0, 0.05) is 28.3 Å². The van der Waals surface area contributed by atoms with Crippen molar-refractivity contribution in [2.24, 2.45) is 0 Å². The number of hydrogen-bond donors (Lipinski definition) is 1. The molecular weight excluding hydrogens is 336 g/mol. The molecule has 0 fully saturated rings. The van der Waals surface area contributed by atoms with Crippen molar-refractivity contribution in [3.63, 3.8) is 0 Å². The first-order chi connectivity index (χ1) is 10.0. The summed E-state index contributed by atoms with van der Waals surface area (Å²) in [6.07, 6.45) is 0. The van der Waals surface area contributed by atoms with Crippen LogP contribution < -0.4 is 10.1 Å². The average molecular weight is 351 g/mol. The van der Waals surface area contributed by atoms with Crippen LogP contribution in [0.15, 0.2) is 40.9 Å². The van der Waals surface area contributed by atoms with Crippen LogP contribution in [0.5, 0.6) is 5.75 Å². The molecule has 2 aromatic carbocycles. The molecule has 21 heavy (non-hydrogen) atoms. The van der Waals surface area contributed by atoms with E-state index < -0.39 is 0 Å². The molecule has 6 heteroatoms. The lowest BCUT2D eigenvalue weighted by molar-refractivity contribution is -0.385. The van der Waals surface area contributed by atoms with Gasteiger partial charge in [-0.2, -0.15) is 0 Å². The van der Waals surface area contributed by atoms with Gasteiger partial charge in [-0.05, 0) is 36.8 Å². The molecule has 0 amide bonds. The van der Waals surface area contributed by atoms with E-state index in [0.717, 1.165) is 21.5 Å². The standard InChI is InChI=1S/C15H15BrN2O3/c1-10-14(4-3-5-15(10)18(19)20)17-9-11-8-12(21-2)6-7-13(11)16/h3-8,17H,9H2,1-2H3. The second kappa shape index (κ2) is 6.58. The number of nitrogens with one attached hydrogen (secondary N) is 1. The second-order valence-electron chi connectivity index (χ2n) is 4.52. The van der Waals surface area contributed by atoms with E-state index in [0.29, 0.717) is 12.1 Å². The van der Waals surface area contributed by atoms with Gasteiger partial charge in [0.2, 0.25) is 0 Å². The zero-order valence-electron chi connectivity index (χ0n) is 11.7. The zero-order chi connectivity index (χ0) is 15.4. The van der Waals surface area contributed by atoms with Crippen LogP contribution in [0.4, 0.5) is 11.4 Å². The summed E-state index contributed by atoms with van der Waals surface area (Å²) in [5.41, 5.74) is 2.51. The molecule has 110 valence electrons. The lowest BCUT2D eigenvalue weighted by atomic mass is 10.1. The maximum Gasteiger partial charge on any atom is 0.274 e. The van der Waals surface area contributed by atoms with Gasteiger partial charge in [-0.3, -0.25) is 10.1 Å². The van der Waals surface area contributed by atoms with Crippen LogP contribution in [0.1, 0.15) is 11.1 Å². The summed E-state index contributed by atoms with van der Waals surface area (Å²) in [6.45, 7) is 2.28. The number of nitro benzene ring substituents is 1. The monoisotopic (exact) mass is 350 g/mol. The third-order valence-corrected chi connectivity index (χ3v) is 4.00. The predicted octanol–water partition coefficient (Wildman–Crippen LogP) is 4.29. The van der Waals surface area contributed by atoms with E-state index in [4.69, 9.17) is 4.74 Å².